The Kier molecular flexibility index (Phi) is 3.75. The van der Waals surface area contributed by atoms with Gasteiger partial charge in [-0.25, -0.2) is 4.98 Å². The molecule has 1 fully saturated rings. The molecule has 0 radical (unpaired) electrons. The quantitative estimate of drug-likeness (QED) is 0.710. The molecule has 0 N–H and O–H groups in total. The third kappa shape index (κ3) is 2.66. The summed E-state index contributed by atoms with van der Waals surface area (Å²) in [4.78, 5) is 7.25. The molecular weight excluding hydrogens is 296 g/mol. The lowest BCUT2D eigenvalue weighted by atomic mass is 9.92. The second-order valence-corrected chi connectivity index (χ2v) is 7.27. The standard InChI is InChI=1S/C20H24N4/c1-14-9-15(2)13-23(12-14)19-10-16(3)22-20-18(11-21-24(19)20)17-7-5-4-6-8-17/h4-8,10-11,14-15H,9,12-13H2,1-3H3. The first-order valence-corrected chi connectivity index (χ1v) is 8.77. The minimum atomic E-state index is 0.710. The largest absolute Gasteiger partial charge is 0.356 e. The number of benzene rings is 1. The summed E-state index contributed by atoms with van der Waals surface area (Å²) in [7, 11) is 0. The van der Waals surface area contributed by atoms with Gasteiger partial charge in [0.1, 0.15) is 5.82 Å². The van der Waals surface area contributed by atoms with E-state index in [1.54, 1.807) is 0 Å². The van der Waals surface area contributed by atoms with Crippen molar-refractivity contribution in [3.05, 3.63) is 48.3 Å². The highest BCUT2D eigenvalue weighted by Crippen LogP contribution is 2.30. The number of aromatic nitrogens is 3. The molecule has 1 saturated heterocycles. The lowest BCUT2D eigenvalue weighted by Gasteiger charge is -2.36. The topological polar surface area (TPSA) is 33.4 Å². The highest BCUT2D eigenvalue weighted by atomic mass is 15.3. The second-order valence-electron chi connectivity index (χ2n) is 7.27. The monoisotopic (exact) mass is 320 g/mol. The predicted molar refractivity (Wildman–Crippen MR) is 98.3 cm³/mol. The van der Waals surface area contributed by atoms with Crippen molar-refractivity contribution in [1.29, 1.82) is 0 Å². The molecule has 2 unspecified atom stereocenters. The van der Waals surface area contributed by atoms with Gasteiger partial charge in [-0.15, -0.1) is 0 Å². The Morgan fingerprint density at radius 1 is 1.04 bits per heavy atom. The van der Waals surface area contributed by atoms with Gasteiger partial charge in [-0.2, -0.15) is 9.61 Å². The molecule has 3 heterocycles. The van der Waals surface area contributed by atoms with Gasteiger partial charge in [0.2, 0.25) is 0 Å². The third-order valence-electron chi connectivity index (χ3n) is 4.86. The Morgan fingerprint density at radius 3 is 2.46 bits per heavy atom. The first-order valence-electron chi connectivity index (χ1n) is 8.77. The van der Waals surface area contributed by atoms with Crippen LogP contribution in [-0.2, 0) is 0 Å². The number of anilines is 1. The Labute approximate surface area is 143 Å². The van der Waals surface area contributed by atoms with Crippen LogP contribution in [0.15, 0.2) is 42.6 Å². The van der Waals surface area contributed by atoms with E-state index in [1.165, 1.54) is 6.42 Å². The van der Waals surface area contributed by atoms with E-state index in [9.17, 15) is 0 Å². The number of hydrogen-bond donors (Lipinski definition) is 0. The molecule has 4 nitrogen and oxygen atoms in total. The molecule has 4 rings (SSSR count). The zero-order valence-electron chi connectivity index (χ0n) is 14.6. The van der Waals surface area contributed by atoms with Crippen LogP contribution in [0.2, 0.25) is 0 Å². The maximum Gasteiger partial charge on any atom is 0.165 e. The van der Waals surface area contributed by atoms with Crippen LogP contribution < -0.4 is 4.90 Å². The lowest BCUT2D eigenvalue weighted by molar-refractivity contribution is 0.354. The van der Waals surface area contributed by atoms with Crippen molar-refractivity contribution in [3.63, 3.8) is 0 Å². The average molecular weight is 320 g/mol. The van der Waals surface area contributed by atoms with Crippen molar-refractivity contribution in [3.8, 4) is 11.1 Å². The van der Waals surface area contributed by atoms with Gasteiger partial charge in [0, 0.05) is 30.4 Å². The predicted octanol–water partition coefficient (Wildman–Crippen LogP) is 4.19. The molecule has 1 aliphatic heterocycles. The van der Waals surface area contributed by atoms with E-state index in [1.807, 2.05) is 16.8 Å². The molecule has 24 heavy (non-hydrogen) atoms. The van der Waals surface area contributed by atoms with Crippen LogP contribution in [0, 0.1) is 18.8 Å². The third-order valence-corrected chi connectivity index (χ3v) is 4.86. The Hall–Kier alpha value is -2.36. The minimum absolute atomic E-state index is 0.710. The fourth-order valence-electron chi connectivity index (χ4n) is 3.96. The molecule has 1 aromatic carbocycles. The fraction of sp³-hybridized carbons (Fsp3) is 0.400. The zero-order valence-corrected chi connectivity index (χ0v) is 14.6. The molecule has 0 saturated carbocycles. The van der Waals surface area contributed by atoms with Gasteiger partial charge in [-0.3, -0.25) is 0 Å². The Bertz CT molecular complexity index is 843. The van der Waals surface area contributed by atoms with Crippen LogP contribution in [0.3, 0.4) is 0 Å². The number of aryl methyl sites for hydroxylation is 1. The van der Waals surface area contributed by atoms with E-state index >= 15 is 0 Å². The molecule has 0 aliphatic carbocycles. The van der Waals surface area contributed by atoms with Crippen LogP contribution in [0.1, 0.15) is 26.0 Å². The average Bonchev–Trinajstić information content (AvgIpc) is 2.97. The summed E-state index contributed by atoms with van der Waals surface area (Å²) in [6.07, 6.45) is 3.25. The van der Waals surface area contributed by atoms with E-state index in [2.05, 4.69) is 61.1 Å². The van der Waals surface area contributed by atoms with Crippen LogP contribution >= 0.6 is 0 Å². The van der Waals surface area contributed by atoms with Crippen molar-refractivity contribution in [2.45, 2.75) is 27.2 Å². The van der Waals surface area contributed by atoms with Crippen LogP contribution in [-0.4, -0.2) is 27.7 Å². The van der Waals surface area contributed by atoms with Gasteiger partial charge in [-0.1, -0.05) is 44.2 Å². The summed E-state index contributed by atoms with van der Waals surface area (Å²) >= 11 is 0. The normalized spacial score (nSPS) is 21.4. The lowest BCUT2D eigenvalue weighted by Crippen LogP contribution is -2.39. The van der Waals surface area contributed by atoms with Gasteiger partial charge in [0.05, 0.1) is 6.20 Å². The van der Waals surface area contributed by atoms with Crippen molar-refractivity contribution in [1.82, 2.24) is 14.6 Å². The number of hydrogen-bond acceptors (Lipinski definition) is 3. The molecule has 0 spiro atoms. The van der Waals surface area contributed by atoms with Crippen molar-refractivity contribution < 1.29 is 0 Å². The van der Waals surface area contributed by atoms with Gasteiger partial charge >= 0.3 is 0 Å². The highest BCUT2D eigenvalue weighted by molar-refractivity contribution is 5.78. The number of rotatable bonds is 2. The first kappa shape index (κ1) is 15.2. The van der Waals surface area contributed by atoms with Crippen LogP contribution in [0.25, 0.3) is 16.8 Å². The van der Waals surface area contributed by atoms with Crippen molar-refractivity contribution in [2.24, 2.45) is 11.8 Å². The molecule has 2 atom stereocenters. The van der Waals surface area contributed by atoms with Gasteiger partial charge in [-0.05, 0) is 30.7 Å². The molecule has 3 aromatic rings. The molecule has 0 bridgehead atoms. The van der Waals surface area contributed by atoms with Crippen LogP contribution in [0.4, 0.5) is 5.82 Å². The molecule has 1 aliphatic rings. The maximum absolute atomic E-state index is 4.78. The van der Waals surface area contributed by atoms with Gasteiger partial charge in [0.15, 0.2) is 5.65 Å². The SMILES string of the molecule is Cc1cc(N2CC(C)CC(C)C2)n2ncc(-c3ccccc3)c2n1. The minimum Gasteiger partial charge on any atom is -0.356 e. The van der Waals surface area contributed by atoms with Crippen molar-refractivity contribution in [2.75, 3.05) is 18.0 Å². The summed E-state index contributed by atoms with van der Waals surface area (Å²) in [6.45, 7) is 8.92. The van der Waals surface area contributed by atoms with E-state index < -0.39 is 0 Å². The number of fused-ring (bicyclic) bond motifs is 1. The molecule has 0 amide bonds. The molecule has 4 heteroatoms. The van der Waals surface area contributed by atoms with E-state index in [4.69, 9.17) is 4.98 Å². The zero-order chi connectivity index (χ0) is 16.7. The summed E-state index contributed by atoms with van der Waals surface area (Å²) in [6, 6.07) is 12.6. The summed E-state index contributed by atoms with van der Waals surface area (Å²) in [5, 5.41) is 4.67. The van der Waals surface area contributed by atoms with E-state index in [-0.39, 0.29) is 0 Å². The van der Waals surface area contributed by atoms with Gasteiger partial charge < -0.3 is 4.90 Å². The van der Waals surface area contributed by atoms with Crippen molar-refractivity contribution >= 4 is 11.5 Å². The van der Waals surface area contributed by atoms with E-state index in [0.29, 0.717) is 11.8 Å². The molecule has 2 aromatic heterocycles. The molecular formula is C20H24N4. The van der Waals surface area contributed by atoms with E-state index in [0.717, 1.165) is 41.4 Å². The summed E-state index contributed by atoms with van der Waals surface area (Å²) in [5.41, 5.74) is 4.25. The van der Waals surface area contributed by atoms with Gasteiger partial charge in [0.25, 0.3) is 0 Å². The summed E-state index contributed by atoms with van der Waals surface area (Å²) < 4.78 is 2.01. The Morgan fingerprint density at radius 2 is 1.75 bits per heavy atom. The molecule has 124 valence electrons. The fourth-order valence-corrected chi connectivity index (χ4v) is 3.96. The van der Waals surface area contributed by atoms with Crippen LogP contribution in [0.5, 0.6) is 0 Å². The number of piperidine rings is 1. The number of nitrogens with zero attached hydrogens (tertiary/aromatic N) is 4. The smallest absolute Gasteiger partial charge is 0.165 e. The summed E-state index contributed by atoms with van der Waals surface area (Å²) in [5.74, 6) is 2.58. The first-order chi connectivity index (χ1) is 11.6. The maximum atomic E-state index is 4.78. The Balaban J connectivity index is 1.84. The highest BCUT2D eigenvalue weighted by Gasteiger charge is 2.24. The second kappa shape index (κ2) is 5.93.